The number of carbonyl (C=O) groups is 1. The van der Waals surface area contributed by atoms with Crippen molar-refractivity contribution in [1.29, 1.82) is 0 Å². The van der Waals surface area contributed by atoms with Crippen LogP contribution in [0.15, 0.2) is 42.6 Å². The summed E-state index contributed by atoms with van der Waals surface area (Å²) in [6.45, 7) is 10.1. The smallest absolute Gasteiger partial charge is 0.274 e. The normalized spacial score (nSPS) is 11.2. The summed E-state index contributed by atoms with van der Waals surface area (Å²) in [7, 11) is 0. The Morgan fingerprint density at radius 1 is 1.08 bits per heavy atom. The van der Waals surface area contributed by atoms with E-state index in [1.807, 2.05) is 44.2 Å². The Kier molecular flexibility index (Phi) is 5.44. The number of pyridine rings is 1. The zero-order valence-corrected chi connectivity index (χ0v) is 14.9. The summed E-state index contributed by atoms with van der Waals surface area (Å²) >= 11 is 0. The van der Waals surface area contributed by atoms with Crippen LogP contribution in [0.2, 0.25) is 0 Å². The van der Waals surface area contributed by atoms with Crippen LogP contribution in [0.5, 0.6) is 5.75 Å². The molecule has 2 rings (SSSR count). The number of benzene rings is 1. The van der Waals surface area contributed by atoms with Gasteiger partial charge >= 0.3 is 0 Å². The average Bonchev–Trinajstić information content (AvgIpc) is 2.47. The SMILES string of the molecule is CC(C)Oc1ccc(NC(=O)c2cc(NC(C)(C)C)ccn2)cc1. The summed E-state index contributed by atoms with van der Waals surface area (Å²) in [6.07, 6.45) is 1.75. The monoisotopic (exact) mass is 327 g/mol. The van der Waals surface area contributed by atoms with Crippen molar-refractivity contribution in [2.75, 3.05) is 10.6 Å². The molecule has 2 aromatic rings. The summed E-state index contributed by atoms with van der Waals surface area (Å²) in [5, 5.41) is 6.17. The van der Waals surface area contributed by atoms with Gasteiger partial charge in [0.1, 0.15) is 11.4 Å². The Labute approximate surface area is 143 Å². The molecule has 5 nitrogen and oxygen atoms in total. The molecule has 0 atom stereocenters. The zero-order chi connectivity index (χ0) is 17.7. The predicted molar refractivity (Wildman–Crippen MR) is 97.8 cm³/mol. The lowest BCUT2D eigenvalue weighted by Crippen LogP contribution is -2.26. The first kappa shape index (κ1) is 17.8. The molecule has 1 aromatic carbocycles. The molecular weight excluding hydrogens is 302 g/mol. The number of nitrogens with zero attached hydrogens (tertiary/aromatic N) is 1. The maximum absolute atomic E-state index is 12.4. The second-order valence-electron chi connectivity index (χ2n) is 6.95. The van der Waals surface area contributed by atoms with E-state index >= 15 is 0 Å². The molecule has 0 bridgehead atoms. The van der Waals surface area contributed by atoms with Gasteiger partial charge in [0.05, 0.1) is 6.10 Å². The molecule has 1 heterocycles. The van der Waals surface area contributed by atoms with Crippen molar-refractivity contribution in [1.82, 2.24) is 4.98 Å². The highest BCUT2D eigenvalue weighted by Gasteiger charge is 2.12. The highest BCUT2D eigenvalue weighted by Crippen LogP contribution is 2.19. The summed E-state index contributed by atoms with van der Waals surface area (Å²) < 4.78 is 5.59. The van der Waals surface area contributed by atoms with Crippen molar-refractivity contribution in [2.45, 2.75) is 46.3 Å². The van der Waals surface area contributed by atoms with Crippen molar-refractivity contribution >= 4 is 17.3 Å². The molecule has 0 radical (unpaired) electrons. The van der Waals surface area contributed by atoms with Gasteiger partial charge in [-0.2, -0.15) is 0 Å². The standard InChI is InChI=1S/C19H25N3O2/c1-13(2)24-16-8-6-14(7-9-16)21-18(23)17-12-15(10-11-20-17)22-19(3,4)5/h6-13H,1-5H3,(H,20,22)(H,21,23). The topological polar surface area (TPSA) is 63.2 Å². The van der Waals surface area contributed by atoms with Gasteiger partial charge in [-0.1, -0.05) is 0 Å². The van der Waals surface area contributed by atoms with Gasteiger partial charge in [-0.15, -0.1) is 0 Å². The first-order chi connectivity index (χ1) is 11.2. The predicted octanol–water partition coefficient (Wildman–Crippen LogP) is 4.33. The third-order valence-corrected chi connectivity index (χ3v) is 3.00. The van der Waals surface area contributed by atoms with Crippen LogP contribution in [0, 0.1) is 0 Å². The second kappa shape index (κ2) is 7.34. The number of ether oxygens (including phenoxy) is 1. The van der Waals surface area contributed by atoms with E-state index in [2.05, 4.69) is 36.4 Å². The molecule has 1 aromatic heterocycles. The first-order valence-electron chi connectivity index (χ1n) is 8.05. The maximum atomic E-state index is 12.4. The van der Waals surface area contributed by atoms with Gasteiger partial charge in [0.15, 0.2) is 0 Å². The summed E-state index contributed by atoms with van der Waals surface area (Å²) in [5.41, 5.74) is 1.85. The van der Waals surface area contributed by atoms with Crippen LogP contribution in [0.3, 0.4) is 0 Å². The zero-order valence-electron chi connectivity index (χ0n) is 14.9. The summed E-state index contributed by atoms with van der Waals surface area (Å²) in [5.74, 6) is 0.530. The van der Waals surface area contributed by atoms with Gasteiger partial charge in [-0.05, 0) is 71.0 Å². The third-order valence-electron chi connectivity index (χ3n) is 3.00. The van der Waals surface area contributed by atoms with Crippen LogP contribution in [-0.2, 0) is 0 Å². The van der Waals surface area contributed by atoms with E-state index in [0.29, 0.717) is 11.4 Å². The molecule has 0 unspecified atom stereocenters. The summed E-state index contributed by atoms with van der Waals surface area (Å²) in [6, 6.07) is 10.9. The quantitative estimate of drug-likeness (QED) is 0.858. The lowest BCUT2D eigenvalue weighted by atomic mass is 10.1. The van der Waals surface area contributed by atoms with Crippen LogP contribution in [0.4, 0.5) is 11.4 Å². The fourth-order valence-electron chi connectivity index (χ4n) is 2.15. The Bertz CT molecular complexity index is 689. The second-order valence-corrected chi connectivity index (χ2v) is 6.95. The van der Waals surface area contributed by atoms with Crippen LogP contribution in [-0.4, -0.2) is 22.5 Å². The van der Waals surface area contributed by atoms with E-state index in [1.165, 1.54) is 0 Å². The van der Waals surface area contributed by atoms with Crippen molar-refractivity contribution in [3.8, 4) is 5.75 Å². The van der Waals surface area contributed by atoms with Gasteiger partial charge in [0.25, 0.3) is 5.91 Å². The minimum Gasteiger partial charge on any atom is -0.491 e. The van der Waals surface area contributed by atoms with E-state index in [-0.39, 0.29) is 17.6 Å². The van der Waals surface area contributed by atoms with Gasteiger partial charge in [-0.3, -0.25) is 9.78 Å². The van der Waals surface area contributed by atoms with Gasteiger partial charge < -0.3 is 15.4 Å². The van der Waals surface area contributed by atoms with Crippen LogP contribution < -0.4 is 15.4 Å². The number of aromatic nitrogens is 1. The first-order valence-corrected chi connectivity index (χ1v) is 8.05. The minimum absolute atomic E-state index is 0.0820. The van der Waals surface area contributed by atoms with E-state index in [9.17, 15) is 4.79 Å². The minimum atomic E-state index is -0.245. The highest BCUT2D eigenvalue weighted by atomic mass is 16.5. The molecule has 2 N–H and O–H groups in total. The molecule has 1 amide bonds. The highest BCUT2D eigenvalue weighted by molar-refractivity contribution is 6.03. The van der Waals surface area contributed by atoms with Crippen molar-refractivity contribution in [3.05, 3.63) is 48.3 Å². The lowest BCUT2D eigenvalue weighted by Gasteiger charge is -2.22. The van der Waals surface area contributed by atoms with Crippen molar-refractivity contribution < 1.29 is 9.53 Å². The Morgan fingerprint density at radius 3 is 2.33 bits per heavy atom. The molecule has 128 valence electrons. The number of rotatable bonds is 5. The van der Waals surface area contributed by atoms with Crippen LogP contribution in [0.1, 0.15) is 45.1 Å². The molecule has 0 aliphatic carbocycles. The molecule has 0 saturated heterocycles. The number of amides is 1. The number of anilines is 2. The molecule has 24 heavy (non-hydrogen) atoms. The fraction of sp³-hybridized carbons (Fsp3) is 0.368. The van der Waals surface area contributed by atoms with E-state index in [4.69, 9.17) is 4.74 Å². The Balaban J connectivity index is 2.05. The lowest BCUT2D eigenvalue weighted by molar-refractivity contribution is 0.102. The molecular formula is C19H25N3O2. The van der Waals surface area contributed by atoms with Crippen LogP contribution >= 0.6 is 0 Å². The fourth-order valence-corrected chi connectivity index (χ4v) is 2.15. The largest absolute Gasteiger partial charge is 0.491 e. The Hall–Kier alpha value is -2.56. The van der Waals surface area contributed by atoms with E-state index < -0.39 is 0 Å². The van der Waals surface area contributed by atoms with Crippen LogP contribution in [0.25, 0.3) is 0 Å². The van der Waals surface area contributed by atoms with E-state index in [1.54, 1.807) is 12.3 Å². The molecule has 0 saturated carbocycles. The molecule has 0 spiro atoms. The summed E-state index contributed by atoms with van der Waals surface area (Å²) in [4.78, 5) is 16.5. The number of hydrogen-bond donors (Lipinski definition) is 2. The van der Waals surface area contributed by atoms with Crippen molar-refractivity contribution in [3.63, 3.8) is 0 Å². The van der Waals surface area contributed by atoms with Gasteiger partial charge in [-0.25, -0.2) is 0 Å². The maximum Gasteiger partial charge on any atom is 0.274 e. The molecule has 0 fully saturated rings. The number of hydrogen-bond acceptors (Lipinski definition) is 4. The van der Waals surface area contributed by atoms with E-state index in [0.717, 1.165) is 11.4 Å². The molecule has 0 aliphatic heterocycles. The van der Waals surface area contributed by atoms with Gasteiger partial charge in [0, 0.05) is 23.1 Å². The third kappa shape index (κ3) is 5.57. The molecule has 0 aliphatic rings. The number of nitrogens with one attached hydrogen (secondary N) is 2. The number of carbonyl (C=O) groups excluding carboxylic acids is 1. The van der Waals surface area contributed by atoms with Crippen molar-refractivity contribution in [2.24, 2.45) is 0 Å². The molecule has 5 heteroatoms. The van der Waals surface area contributed by atoms with Gasteiger partial charge in [0.2, 0.25) is 0 Å². The Morgan fingerprint density at radius 2 is 1.75 bits per heavy atom. The average molecular weight is 327 g/mol.